The first-order valence-corrected chi connectivity index (χ1v) is 3.56. The Hall–Kier alpha value is -1.03. The monoisotopic (exact) mass is 168 g/mol. The lowest BCUT2D eigenvalue weighted by atomic mass is 10.4. The van der Waals surface area contributed by atoms with Gasteiger partial charge in [-0.3, -0.25) is 4.79 Å². The molecule has 0 radical (unpaired) electrons. The lowest BCUT2D eigenvalue weighted by Crippen LogP contribution is -2.06. The number of anilines is 1. The van der Waals surface area contributed by atoms with Crippen LogP contribution in [0.1, 0.15) is 6.92 Å². The first-order chi connectivity index (χ1) is 5.18. The molecule has 1 amide bonds. The summed E-state index contributed by atoms with van der Waals surface area (Å²) in [4.78, 5) is 15.2. The molecule has 1 aromatic rings. The van der Waals surface area contributed by atoms with E-state index in [1.54, 1.807) is 18.3 Å². The molecule has 11 heavy (non-hydrogen) atoms. The number of nitrogens with one attached hydrogen (secondary N) is 1. The van der Waals surface area contributed by atoms with Gasteiger partial charge in [0.25, 0.3) is 0 Å². The summed E-state index contributed by atoms with van der Waals surface area (Å²) in [7, 11) is 0. The summed E-state index contributed by atoms with van der Waals surface area (Å²) in [6, 6.07) is 3.46. The number of pyridine rings is 1. The highest BCUT2D eigenvalue weighted by Gasteiger charge is 1.94. The van der Waals surface area contributed by atoms with Gasteiger partial charge in [0, 0.05) is 18.0 Å². The molecule has 3 nitrogen and oxygen atoms in total. The van der Waals surface area contributed by atoms with Crippen LogP contribution in [0, 0.1) is 0 Å². The summed E-state index contributed by atoms with van der Waals surface area (Å²) in [6.07, 6.45) is 1.58. The summed E-state index contributed by atoms with van der Waals surface area (Å²) in [5.74, 6) is 0.430. The molecular weight excluding hydrogens is 160 g/mol. The third-order valence-corrected chi connectivity index (χ3v) is 1.32. The molecule has 1 rings (SSSR count). The third kappa shape index (κ3) is 2.59. The largest absolute Gasteiger partial charge is 0.311 e. The molecule has 0 aromatic carbocycles. The molecule has 0 spiro atoms. The molecule has 0 saturated carbocycles. The summed E-state index contributed by atoms with van der Waals surface area (Å²) >= 11 is 4.05. The van der Waals surface area contributed by atoms with E-state index in [0.29, 0.717) is 5.82 Å². The SMILES string of the molecule is CC(=O)Nc1ccc(S)cn1. The van der Waals surface area contributed by atoms with Crippen molar-refractivity contribution in [3.63, 3.8) is 0 Å². The first-order valence-electron chi connectivity index (χ1n) is 3.11. The van der Waals surface area contributed by atoms with E-state index in [0.717, 1.165) is 4.90 Å². The number of carbonyl (C=O) groups excluding carboxylic acids is 1. The minimum atomic E-state index is -0.121. The number of aromatic nitrogens is 1. The van der Waals surface area contributed by atoms with Gasteiger partial charge < -0.3 is 5.32 Å². The molecule has 0 atom stereocenters. The summed E-state index contributed by atoms with van der Waals surface area (Å²) in [6.45, 7) is 1.44. The van der Waals surface area contributed by atoms with Crippen molar-refractivity contribution in [1.82, 2.24) is 4.98 Å². The highest BCUT2D eigenvalue weighted by Crippen LogP contribution is 2.07. The maximum absolute atomic E-state index is 10.5. The molecule has 0 fully saturated rings. The average Bonchev–Trinajstić information content (AvgIpc) is 1.93. The number of carbonyl (C=O) groups is 1. The Balaban J connectivity index is 2.74. The van der Waals surface area contributed by atoms with Crippen LogP contribution in [0.25, 0.3) is 0 Å². The number of rotatable bonds is 1. The molecule has 0 unspecified atom stereocenters. The summed E-state index contributed by atoms with van der Waals surface area (Å²) in [5.41, 5.74) is 0. The number of hydrogen-bond acceptors (Lipinski definition) is 3. The Bertz CT molecular complexity index is 258. The Morgan fingerprint density at radius 1 is 1.64 bits per heavy atom. The second-order valence-electron chi connectivity index (χ2n) is 2.08. The lowest BCUT2D eigenvalue weighted by molar-refractivity contribution is -0.114. The van der Waals surface area contributed by atoms with Gasteiger partial charge in [-0.25, -0.2) is 4.98 Å². The van der Waals surface area contributed by atoms with Crippen molar-refractivity contribution in [3.8, 4) is 0 Å². The quantitative estimate of drug-likeness (QED) is 0.621. The summed E-state index contributed by atoms with van der Waals surface area (Å²) in [5, 5.41) is 2.55. The first kappa shape index (κ1) is 8.07. The molecule has 1 heterocycles. The highest BCUT2D eigenvalue weighted by molar-refractivity contribution is 7.80. The van der Waals surface area contributed by atoms with Crippen molar-refractivity contribution in [3.05, 3.63) is 18.3 Å². The van der Waals surface area contributed by atoms with Crippen LogP contribution in [0.15, 0.2) is 23.2 Å². The van der Waals surface area contributed by atoms with Crippen LogP contribution >= 0.6 is 12.6 Å². The predicted molar refractivity (Wildman–Crippen MR) is 45.8 cm³/mol. The van der Waals surface area contributed by atoms with Crippen molar-refractivity contribution in [2.45, 2.75) is 11.8 Å². The topological polar surface area (TPSA) is 42.0 Å². The molecule has 1 aromatic heterocycles. The van der Waals surface area contributed by atoms with Crippen LogP contribution in [0.3, 0.4) is 0 Å². The third-order valence-electron chi connectivity index (χ3n) is 1.05. The molecule has 0 aliphatic carbocycles. The molecule has 0 bridgehead atoms. The number of hydrogen-bond donors (Lipinski definition) is 2. The predicted octanol–water partition coefficient (Wildman–Crippen LogP) is 1.33. The fourth-order valence-electron chi connectivity index (χ4n) is 0.640. The molecule has 4 heteroatoms. The number of thiol groups is 1. The van der Waals surface area contributed by atoms with E-state index in [2.05, 4.69) is 22.9 Å². The van der Waals surface area contributed by atoms with Gasteiger partial charge in [-0.05, 0) is 12.1 Å². The molecule has 0 saturated heterocycles. The van der Waals surface area contributed by atoms with Gasteiger partial charge in [-0.1, -0.05) is 0 Å². The van der Waals surface area contributed by atoms with Gasteiger partial charge in [0.05, 0.1) is 0 Å². The van der Waals surface area contributed by atoms with E-state index in [4.69, 9.17) is 0 Å². The van der Waals surface area contributed by atoms with Gasteiger partial charge in [0.15, 0.2) is 0 Å². The Labute approximate surface area is 70.2 Å². The van der Waals surface area contributed by atoms with Crippen molar-refractivity contribution in [2.75, 3.05) is 5.32 Å². The number of nitrogens with zero attached hydrogens (tertiary/aromatic N) is 1. The number of amides is 1. The van der Waals surface area contributed by atoms with Gasteiger partial charge in [0.2, 0.25) is 5.91 Å². The van der Waals surface area contributed by atoms with E-state index in [1.165, 1.54) is 6.92 Å². The molecular formula is C7H8N2OS. The van der Waals surface area contributed by atoms with Crippen LogP contribution in [-0.4, -0.2) is 10.9 Å². The average molecular weight is 168 g/mol. The lowest BCUT2D eigenvalue weighted by Gasteiger charge is -1.98. The van der Waals surface area contributed by atoms with E-state index >= 15 is 0 Å². The van der Waals surface area contributed by atoms with Gasteiger partial charge in [0.1, 0.15) is 5.82 Å². The zero-order valence-electron chi connectivity index (χ0n) is 6.03. The van der Waals surface area contributed by atoms with E-state index in [-0.39, 0.29) is 5.91 Å². The van der Waals surface area contributed by atoms with E-state index < -0.39 is 0 Å². The van der Waals surface area contributed by atoms with Gasteiger partial charge in [-0.2, -0.15) is 0 Å². The zero-order valence-corrected chi connectivity index (χ0v) is 6.93. The fourth-order valence-corrected chi connectivity index (χ4v) is 0.773. The van der Waals surface area contributed by atoms with E-state index in [9.17, 15) is 4.79 Å². The van der Waals surface area contributed by atoms with Crippen molar-refractivity contribution >= 4 is 24.4 Å². The van der Waals surface area contributed by atoms with Crippen LogP contribution in [0.4, 0.5) is 5.82 Å². The van der Waals surface area contributed by atoms with Gasteiger partial charge in [-0.15, -0.1) is 12.6 Å². The molecule has 0 aliphatic heterocycles. The standard InChI is InChI=1S/C7H8N2OS/c1-5(10)9-7-3-2-6(11)4-8-7/h2-4,11H,1H3,(H,8,9,10). The van der Waals surface area contributed by atoms with Crippen LogP contribution in [0.5, 0.6) is 0 Å². The van der Waals surface area contributed by atoms with Crippen molar-refractivity contribution < 1.29 is 4.79 Å². The molecule has 0 aliphatic rings. The Kier molecular flexibility index (Phi) is 2.48. The normalized spacial score (nSPS) is 9.27. The van der Waals surface area contributed by atoms with Crippen LogP contribution in [0.2, 0.25) is 0 Å². The molecule has 58 valence electrons. The fraction of sp³-hybridized carbons (Fsp3) is 0.143. The molecule has 1 N–H and O–H groups in total. The maximum Gasteiger partial charge on any atom is 0.222 e. The van der Waals surface area contributed by atoms with Gasteiger partial charge >= 0.3 is 0 Å². The second kappa shape index (κ2) is 3.39. The highest BCUT2D eigenvalue weighted by atomic mass is 32.1. The minimum Gasteiger partial charge on any atom is -0.311 e. The van der Waals surface area contributed by atoms with Crippen molar-refractivity contribution in [2.24, 2.45) is 0 Å². The Morgan fingerprint density at radius 2 is 2.36 bits per heavy atom. The van der Waals surface area contributed by atoms with Crippen LogP contribution in [-0.2, 0) is 4.79 Å². The summed E-state index contributed by atoms with van der Waals surface area (Å²) < 4.78 is 0. The second-order valence-corrected chi connectivity index (χ2v) is 2.60. The minimum absolute atomic E-state index is 0.121. The Morgan fingerprint density at radius 3 is 2.82 bits per heavy atom. The maximum atomic E-state index is 10.5. The smallest absolute Gasteiger partial charge is 0.222 e. The van der Waals surface area contributed by atoms with Crippen LogP contribution < -0.4 is 5.32 Å². The zero-order chi connectivity index (χ0) is 8.27. The van der Waals surface area contributed by atoms with E-state index in [1.807, 2.05) is 0 Å². The van der Waals surface area contributed by atoms with Crippen molar-refractivity contribution in [1.29, 1.82) is 0 Å².